The summed E-state index contributed by atoms with van der Waals surface area (Å²) in [4.78, 5) is 29.9. The molecule has 0 spiro atoms. The number of halogens is 1. The fourth-order valence-electron chi connectivity index (χ4n) is 5.06. The van der Waals surface area contributed by atoms with Gasteiger partial charge >= 0.3 is 0 Å². The highest BCUT2D eigenvalue weighted by atomic mass is 35.5. The average Bonchev–Trinajstić information content (AvgIpc) is 3.04. The normalized spacial score (nSPS) is 11.9. The molecule has 1 N–H and O–H groups in total. The highest BCUT2D eigenvalue weighted by Crippen LogP contribution is 2.31. The van der Waals surface area contributed by atoms with Gasteiger partial charge in [-0.15, -0.1) is 0 Å². The van der Waals surface area contributed by atoms with E-state index in [1.807, 2.05) is 74.5 Å². The molecule has 0 saturated carbocycles. The van der Waals surface area contributed by atoms with Gasteiger partial charge in [-0.3, -0.25) is 13.9 Å². The van der Waals surface area contributed by atoms with Gasteiger partial charge in [0.15, 0.2) is 0 Å². The molecule has 0 aliphatic carbocycles. The zero-order valence-electron chi connectivity index (χ0n) is 25.9. The summed E-state index contributed by atoms with van der Waals surface area (Å²) < 4.78 is 29.6. The number of sulfonamides is 1. The van der Waals surface area contributed by atoms with Crippen molar-refractivity contribution in [3.05, 3.63) is 130 Å². The van der Waals surface area contributed by atoms with Crippen LogP contribution in [0.15, 0.2) is 108 Å². The van der Waals surface area contributed by atoms with E-state index in [1.54, 1.807) is 37.3 Å². The third kappa shape index (κ3) is 8.74. The van der Waals surface area contributed by atoms with Gasteiger partial charge in [-0.2, -0.15) is 0 Å². The third-order valence-electron chi connectivity index (χ3n) is 7.69. The maximum absolute atomic E-state index is 14.5. The van der Waals surface area contributed by atoms with E-state index in [4.69, 9.17) is 11.6 Å². The van der Waals surface area contributed by atoms with E-state index in [0.717, 1.165) is 33.8 Å². The number of carbonyl (C=O) groups is 2. The Kier molecular flexibility index (Phi) is 11.8. The summed E-state index contributed by atoms with van der Waals surface area (Å²) in [6.45, 7) is 5.70. The summed E-state index contributed by atoms with van der Waals surface area (Å²) in [5.74, 6) is -0.802. The van der Waals surface area contributed by atoms with E-state index in [9.17, 15) is 18.0 Å². The van der Waals surface area contributed by atoms with Crippen molar-refractivity contribution >= 4 is 39.1 Å². The van der Waals surface area contributed by atoms with Crippen molar-refractivity contribution in [3.63, 3.8) is 0 Å². The molecule has 0 saturated heterocycles. The summed E-state index contributed by atoms with van der Waals surface area (Å²) in [6, 6.07) is 29.5. The van der Waals surface area contributed by atoms with Crippen molar-refractivity contribution < 1.29 is 18.0 Å². The number of aryl methyl sites for hydroxylation is 1. The van der Waals surface area contributed by atoms with Crippen LogP contribution >= 0.6 is 11.6 Å². The molecule has 1 unspecified atom stereocenters. The third-order valence-corrected chi connectivity index (χ3v) is 9.88. The molecular weight excluding hydrogens is 606 g/mol. The molecule has 0 fully saturated rings. The summed E-state index contributed by atoms with van der Waals surface area (Å²) >= 11 is 6.45. The molecule has 45 heavy (non-hydrogen) atoms. The second-order valence-corrected chi connectivity index (χ2v) is 13.3. The van der Waals surface area contributed by atoms with Crippen LogP contribution in [0, 0.1) is 13.8 Å². The molecule has 0 aromatic heterocycles. The highest BCUT2D eigenvalue weighted by Gasteiger charge is 2.35. The molecule has 7 nitrogen and oxygen atoms in total. The number of amides is 2. The van der Waals surface area contributed by atoms with Crippen molar-refractivity contribution in [2.45, 2.75) is 57.5 Å². The van der Waals surface area contributed by atoms with Gasteiger partial charge in [0.1, 0.15) is 12.6 Å². The Labute approximate surface area is 271 Å². The number of hydrogen-bond donors (Lipinski definition) is 1. The molecule has 4 rings (SSSR count). The lowest BCUT2D eigenvalue weighted by atomic mass is 10.0. The first kappa shape index (κ1) is 33.7. The summed E-state index contributed by atoms with van der Waals surface area (Å²) in [5.41, 5.74) is 3.42. The molecule has 0 bridgehead atoms. The monoisotopic (exact) mass is 645 g/mol. The lowest BCUT2D eigenvalue weighted by molar-refractivity contribution is -0.140. The zero-order valence-corrected chi connectivity index (χ0v) is 27.5. The molecule has 4 aromatic carbocycles. The summed E-state index contributed by atoms with van der Waals surface area (Å²) in [6.07, 6.45) is 1.96. The molecule has 9 heteroatoms. The van der Waals surface area contributed by atoms with Crippen molar-refractivity contribution in [1.29, 1.82) is 0 Å². The number of anilines is 1. The van der Waals surface area contributed by atoms with Crippen LogP contribution in [0.3, 0.4) is 0 Å². The number of nitrogens with zero attached hydrogens (tertiary/aromatic N) is 2. The Morgan fingerprint density at radius 1 is 0.822 bits per heavy atom. The van der Waals surface area contributed by atoms with Crippen molar-refractivity contribution in [2.75, 3.05) is 17.4 Å². The van der Waals surface area contributed by atoms with Crippen LogP contribution in [0.2, 0.25) is 5.02 Å². The van der Waals surface area contributed by atoms with Gasteiger partial charge in [0, 0.05) is 24.5 Å². The van der Waals surface area contributed by atoms with Crippen LogP contribution in [0.5, 0.6) is 0 Å². The predicted octanol–water partition coefficient (Wildman–Crippen LogP) is 6.71. The summed E-state index contributed by atoms with van der Waals surface area (Å²) in [5, 5.41) is 3.38. The number of rotatable bonds is 14. The first-order valence-electron chi connectivity index (χ1n) is 15.1. The van der Waals surface area contributed by atoms with E-state index in [-0.39, 0.29) is 23.8 Å². The Hall–Kier alpha value is -4.14. The van der Waals surface area contributed by atoms with Gasteiger partial charge < -0.3 is 10.2 Å². The highest BCUT2D eigenvalue weighted by molar-refractivity contribution is 7.92. The minimum absolute atomic E-state index is 0.0491. The molecule has 0 heterocycles. The Morgan fingerprint density at radius 2 is 1.44 bits per heavy atom. The molecule has 4 aromatic rings. The van der Waals surface area contributed by atoms with Crippen LogP contribution in [0.1, 0.15) is 42.0 Å². The molecular formula is C36H40ClN3O4S. The van der Waals surface area contributed by atoms with Gasteiger partial charge in [-0.05, 0) is 61.2 Å². The Balaban J connectivity index is 1.80. The van der Waals surface area contributed by atoms with E-state index in [1.165, 1.54) is 17.0 Å². The summed E-state index contributed by atoms with van der Waals surface area (Å²) in [7, 11) is -4.21. The van der Waals surface area contributed by atoms with Crippen molar-refractivity contribution in [2.24, 2.45) is 0 Å². The fourth-order valence-corrected chi connectivity index (χ4v) is 6.70. The fraction of sp³-hybridized carbons (Fsp3) is 0.278. The standard InChI is InChI=1S/C36H40ClN3O4S/c1-4-5-23-38-36(42)34(24-29-13-8-6-9-14-29)39(25-30-15-10-7-11-16-30)35(41)26-40(33-18-12-17-32(37)28(33)3)45(43,44)31-21-19-27(2)20-22-31/h6-22,34H,4-5,23-26H2,1-3H3,(H,38,42). The van der Waals surface area contributed by atoms with Crippen LogP contribution in [0.25, 0.3) is 0 Å². The number of benzene rings is 4. The lowest BCUT2D eigenvalue weighted by Gasteiger charge is -2.34. The second-order valence-electron chi connectivity index (χ2n) is 11.1. The Morgan fingerprint density at radius 3 is 2.07 bits per heavy atom. The second kappa shape index (κ2) is 15.7. The van der Waals surface area contributed by atoms with E-state index >= 15 is 0 Å². The number of unbranched alkanes of at least 4 members (excludes halogenated alkanes) is 1. The molecule has 0 radical (unpaired) electrons. The smallest absolute Gasteiger partial charge is 0.264 e. The SMILES string of the molecule is CCCCNC(=O)C(Cc1ccccc1)N(Cc1ccccc1)C(=O)CN(c1cccc(Cl)c1C)S(=O)(=O)c1ccc(C)cc1. The number of carbonyl (C=O) groups excluding carboxylic acids is 2. The lowest BCUT2D eigenvalue weighted by Crippen LogP contribution is -2.53. The van der Waals surface area contributed by atoms with Crippen LogP contribution in [0.4, 0.5) is 5.69 Å². The Bertz CT molecular complexity index is 1680. The van der Waals surface area contributed by atoms with Crippen LogP contribution < -0.4 is 9.62 Å². The van der Waals surface area contributed by atoms with Gasteiger partial charge in [0.25, 0.3) is 10.0 Å². The van der Waals surface area contributed by atoms with Crippen molar-refractivity contribution in [1.82, 2.24) is 10.2 Å². The average molecular weight is 646 g/mol. The molecule has 0 aliphatic rings. The largest absolute Gasteiger partial charge is 0.354 e. The maximum Gasteiger partial charge on any atom is 0.264 e. The molecule has 1 atom stereocenters. The quantitative estimate of drug-likeness (QED) is 0.155. The number of nitrogens with one attached hydrogen (secondary N) is 1. The van der Waals surface area contributed by atoms with E-state index in [0.29, 0.717) is 22.8 Å². The van der Waals surface area contributed by atoms with Gasteiger partial charge in [-0.25, -0.2) is 8.42 Å². The van der Waals surface area contributed by atoms with Gasteiger partial charge in [0.2, 0.25) is 11.8 Å². The molecule has 236 valence electrons. The minimum atomic E-state index is -4.21. The molecule has 0 aliphatic heterocycles. The van der Waals surface area contributed by atoms with E-state index < -0.39 is 28.5 Å². The van der Waals surface area contributed by atoms with Crippen molar-refractivity contribution in [3.8, 4) is 0 Å². The van der Waals surface area contributed by atoms with Crippen LogP contribution in [-0.2, 0) is 32.6 Å². The van der Waals surface area contributed by atoms with Gasteiger partial charge in [0.05, 0.1) is 10.6 Å². The minimum Gasteiger partial charge on any atom is -0.354 e. The first-order chi connectivity index (χ1) is 21.6. The topological polar surface area (TPSA) is 86.8 Å². The van der Waals surface area contributed by atoms with Crippen LogP contribution in [-0.4, -0.2) is 44.3 Å². The number of hydrogen-bond acceptors (Lipinski definition) is 4. The zero-order chi connectivity index (χ0) is 32.4. The molecule has 2 amide bonds. The first-order valence-corrected chi connectivity index (χ1v) is 16.9. The van der Waals surface area contributed by atoms with Gasteiger partial charge in [-0.1, -0.05) is 109 Å². The maximum atomic E-state index is 14.5. The van der Waals surface area contributed by atoms with E-state index in [2.05, 4.69) is 5.32 Å². The predicted molar refractivity (Wildman–Crippen MR) is 181 cm³/mol.